The van der Waals surface area contributed by atoms with Gasteiger partial charge in [0.1, 0.15) is 5.82 Å². The fraction of sp³-hybridized carbons (Fsp3) is 0.538. The van der Waals surface area contributed by atoms with Gasteiger partial charge in [-0.25, -0.2) is 4.39 Å². The lowest BCUT2D eigenvalue weighted by molar-refractivity contribution is 0.0311. The number of benzene rings is 1. The highest BCUT2D eigenvalue weighted by Crippen LogP contribution is 2.19. The molecule has 0 radical (unpaired) electrons. The average molecular weight is 223 g/mol. The molecule has 16 heavy (non-hydrogen) atoms. The number of hydrogen-bond donors (Lipinski definition) is 1. The van der Waals surface area contributed by atoms with E-state index < -0.39 is 0 Å². The summed E-state index contributed by atoms with van der Waals surface area (Å²) in [6, 6.07) is 6.84. The minimum atomic E-state index is -0.157. The Morgan fingerprint density at radius 2 is 2.38 bits per heavy atom. The molecule has 1 N–H and O–H groups in total. The molecule has 1 aliphatic heterocycles. The maximum absolute atomic E-state index is 13.1. The van der Waals surface area contributed by atoms with Crippen LogP contribution in [-0.4, -0.2) is 26.3 Å². The second-order valence-corrected chi connectivity index (χ2v) is 4.36. The molecule has 88 valence electrons. The van der Waals surface area contributed by atoms with Crippen LogP contribution in [0.3, 0.4) is 0 Å². The van der Waals surface area contributed by atoms with E-state index in [9.17, 15) is 4.39 Å². The van der Waals surface area contributed by atoms with Gasteiger partial charge in [0.2, 0.25) is 0 Å². The van der Waals surface area contributed by atoms with Gasteiger partial charge in [-0.3, -0.25) is 0 Å². The topological polar surface area (TPSA) is 21.3 Å². The first-order chi connectivity index (χ1) is 7.79. The van der Waals surface area contributed by atoms with Gasteiger partial charge in [-0.15, -0.1) is 0 Å². The first-order valence-electron chi connectivity index (χ1n) is 5.77. The molecule has 2 unspecified atom stereocenters. The van der Waals surface area contributed by atoms with E-state index in [0.717, 1.165) is 31.5 Å². The Morgan fingerprint density at radius 1 is 1.50 bits per heavy atom. The van der Waals surface area contributed by atoms with E-state index in [4.69, 9.17) is 4.74 Å². The molecule has 2 rings (SSSR count). The third-order valence-electron chi connectivity index (χ3n) is 3.23. The van der Waals surface area contributed by atoms with Crippen LogP contribution in [0.4, 0.5) is 4.39 Å². The van der Waals surface area contributed by atoms with Gasteiger partial charge in [0.15, 0.2) is 0 Å². The molecule has 2 nitrogen and oxygen atoms in total. The van der Waals surface area contributed by atoms with Crippen LogP contribution in [0.15, 0.2) is 24.3 Å². The van der Waals surface area contributed by atoms with Crippen LogP contribution in [0.2, 0.25) is 0 Å². The summed E-state index contributed by atoms with van der Waals surface area (Å²) in [5.41, 5.74) is 1.05. The average Bonchev–Trinajstić information content (AvgIpc) is 2.30. The number of rotatable bonds is 3. The number of methoxy groups -OCH3 is 1. The van der Waals surface area contributed by atoms with Gasteiger partial charge < -0.3 is 10.1 Å². The molecule has 1 aromatic rings. The molecular formula is C13H18FNO. The number of hydrogen-bond acceptors (Lipinski definition) is 2. The number of ether oxygens (including phenoxy) is 1. The Bertz CT molecular complexity index is 342. The van der Waals surface area contributed by atoms with Crippen molar-refractivity contribution >= 4 is 0 Å². The fourth-order valence-electron chi connectivity index (χ4n) is 2.38. The third kappa shape index (κ3) is 2.80. The Labute approximate surface area is 95.8 Å². The van der Waals surface area contributed by atoms with E-state index >= 15 is 0 Å². The van der Waals surface area contributed by atoms with Gasteiger partial charge in [-0.05, 0) is 37.1 Å². The lowest BCUT2D eigenvalue weighted by Crippen LogP contribution is -2.41. The molecule has 1 aliphatic rings. The van der Waals surface area contributed by atoms with Gasteiger partial charge in [-0.1, -0.05) is 12.1 Å². The van der Waals surface area contributed by atoms with E-state index in [2.05, 4.69) is 5.32 Å². The first kappa shape index (κ1) is 11.6. The van der Waals surface area contributed by atoms with Gasteiger partial charge in [0, 0.05) is 19.6 Å². The monoisotopic (exact) mass is 223 g/mol. The minimum Gasteiger partial charge on any atom is -0.381 e. The van der Waals surface area contributed by atoms with Crippen LogP contribution < -0.4 is 5.32 Å². The highest BCUT2D eigenvalue weighted by atomic mass is 19.1. The van der Waals surface area contributed by atoms with Crippen LogP contribution >= 0.6 is 0 Å². The molecule has 1 heterocycles. The van der Waals surface area contributed by atoms with Crippen molar-refractivity contribution in [1.29, 1.82) is 0 Å². The van der Waals surface area contributed by atoms with Crippen molar-refractivity contribution in [3.8, 4) is 0 Å². The summed E-state index contributed by atoms with van der Waals surface area (Å²) in [7, 11) is 1.76. The molecule has 2 atom stereocenters. The maximum Gasteiger partial charge on any atom is 0.123 e. The zero-order chi connectivity index (χ0) is 11.4. The summed E-state index contributed by atoms with van der Waals surface area (Å²) in [5.74, 6) is 0.288. The Morgan fingerprint density at radius 3 is 3.12 bits per heavy atom. The first-order valence-corrected chi connectivity index (χ1v) is 5.77. The van der Waals surface area contributed by atoms with E-state index in [1.54, 1.807) is 19.2 Å². The van der Waals surface area contributed by atoms with Gasteiger partial charge >= 0.3 is 0 Å². The summed E-state index contributed by atoms with van der Waals surface area (Å²) in [4.78, 5) is 0. The predicted molar refractivity (Wildman–Crippen MR) is 61.9 cm³/mol. The van der Waals surface area contributed by atoms with Crippen LogP contribution in [0.1, 0.15) is 12.0 Å². The molecule has 0 saturated carbocycles. The van der Waals surface area contributed by atoms with Gasteiger partial charge in [-0.2, -0.15) is 0 Å². The Kier molecular flexibility index (Phi) is 3.91. The van der Waals surface area contributed by atoms with Crippen LogP contribution in [0.5, 0.6) is 0 Å². The van der Waals surface area contributed by atoms with Gasteiger partial charge in [0.25, 0.3) is 0 Å². The molecule has 0 amide bonds. The lowest BCUT2D eigenvalue weighted by Gasteiger charge is -2.31. The Balaban J connectivity index is 2.02. The lowest BCUT2D eigenvalue weighted by atomic mass is 9.89. The van der Waals surface area contributed by atoms with Crippen molar-refractivity contribution in [1.82, 2.24) is 5.32 Å². The van der Waals surface area contributed by atoms with Gasteiger partial charge in [0.05, 0.1) is 6.10 Å². The molecule has 0 aromatic heterocycles. The van der Waals surface area contributed by atoms with E-state index in [1.165, 1.54) is 6.07 Å². The summed E-state index contributed by atoms with van der Waals surface area (Å²) in [6.45, 7) is 1.97. The largest absolute Gasteiger partial charge is 0.381 e. The zero-order valence-electron chi connectivity index (χ0n) is 9.58. The molecule has 1 fully saturated rings. The highest BCUT2D eigenvalue weighted by molar-refractivity contribution is 5.17. The molecule has 0 spiro atoms. The van der Waals surface area contributed by atoms with Crippen molar-refractivity contribution in [2.24, 2.45) is 5.92 Å². The summed E-state index contributed by atoms with van der Waals surface area (Å²) >= 11 is 0. The molecule has 0 bridgehead atoms. The Hall–Kier alpha value is -0.930. The maximum atomic E-state index is 13.1. The predicted octanol–water partition coefficient (Wildman–Crippen LogP) is 1.99. The SMILES string of the molecule is COC1CCNCC1Cc1cccc(F)c1. The fourth-order valence-corrected chi connectivity index (χ4v) is 2.38. The smallest absolute Gasteiger partial charge is 0.123 e. The molecule has 1 aromatic carbocycles. The summed E-state index contributed by atoms with van der Waals surface area (Å²) in [6.07, 6.45) is 2.21. The van der Waals surface area contributed by atoms with E-state index in [1.807, 2.05) is 6.07 Å². The van der Waals surface area contributed by atoms with Crippen molar-refractivity contribution in [3.05, 3.63) is 35.6 Å². The summed E-state index contributed by atoms with van der Waals surface area (Å²) in [5, 5.41) is 3.36. The number of piperidine rings is 1. The van der Waals surface area contributed by atoms with E-state index in [0.29, 0.717) is 12.0 Å². The van der Waals surface area contributed by atoms with Crippen molar-refractivity contribution in [2.75, 3.05) is 20.2 Å². The second-order valence-electron chi connectivity index (χ2n) is 4.36. The molecule has 3 heteroatoms. The minimum absolute atomic E-state index is 0.157. The van der Waals surface area contributed by atoms with E-state index in [-0.39, 0.29) is 5.82 Å². The van der Waals surface area contributed by atoms with Crippen LogP contribution in [-0.2, 0) is 11.2 Å². The van der Waals surface area contributed by atoms with Crippen LogP contribution in [0.25, 0.3) is 0 Å². The number of nitrogens with one attached hydrogen (secondary N) is 1. The highest BCUT2D eigenvalue weighted by Gasteiger charge is 2.24. The quantitative estimate of drug-likeness (QED) is 0.846. The third-order valence-corrected chi connectivity index (χ3v) is 3.23. The second kappa shape index (κ2) is 5.41. The van der Waals surface area contributed by atoms with Crippen LogP contribution in [0, 0.1) is 11.7 Å². The standard InChI is InChI=1S/C13H18FNO/c1-16-13-5-6-15-9-11(13)7-10-3-2-4-12(14)8-10/h2-4,8,11,13,15H,5-7,9H2,1H3. The molecular weight excluding hydrogens is 205 g/mol. The van der Waals surface area contributed by atoms with Crippen molar-refractivity contribution in [3.63, 3.8) is 0 Å². The zero-order valence-corrected chi connectivity index (χ0v) is 9.58. The van der Waals surface area contributed by atoms with Crippen molar-refractivity contribution in [2.45, 2.75) is 18.9 Å². The molecule has 0 aliphatic carbocycles. The summed E-state index contributed by atoms with van der Waals surface area (Å²) < 4.78 is 18.5. The normalized spacial score (nSPS) is 25.6. The molecule has 1 saturated heterocycles. The van der Waals surface area contributed by atoms with Crippen molar-refractivity contribution < 1.29 is 9.13 Å². The number of halogens is 1.